The Kier molecular flexibility index (Phi) is 6.10. The number of carbonyl (C=O) groups is 4. The van der Waals surface area contributed by atoms with E-state index in [2.05, 4.69) is 10.6 Å². The molecule has 4 amide bonds. The van der Waals surface area contributed by atoms with E-state index in [1.807, 2.05) is 0 Å². The molecule has 1 fully saturated rings. The first-order valence-corrected chi connectivity index (χ1v) is 8.06. The van der Waals surface area contributed by atoms with Crippen molar-refractivity contribution in [2.24, 2.45) is 0 Å². The Morgan fingerprint density at radius 1 is 0.920 bits per heavy atom. The van der Waals surface area contributed by atoms with Crippen LogP contribution in [-0.2, 0) is 19.2 Å². The molecule has 134 valence electrons. The summed E-state index contributed by atoms with van der Waals surface area (Å²) in [4.78, 5) is 49.9. The molecule has 2 N–H and O–H groups in total. The van der Waals surface area contributed by atoms with Crippen molar-refractivity contribution in [1.29, 1.82) is 0 Å². The number of rotatable bonds is 4. The molecule has 0 bridgehead atoms. The van der Waals surface area contributed by atoms with Gasteiger partial charge in [0.05, 0.1) is 0 Å². The van der Waals surface area contributed by atoms with E-state index in [1.165, 1.54) is 13.8 Å². The third-order valence-electron chi connectivity index (χ3n) is 3.86. The predicted molar refractivity (Wildman–Crippen MR) is 92.8 cm³/mol. The van der Waals surface area contributed by atoms with Gasteiger partial charge in [0, 0.05) is 51.4 Å². The van der Waals surface area contributed by atoms with Crippen molar-refractivity contribution in [2.75, 3.05) is 36.8 Å². The van der Waals surface area contributed by atoms with Gasteiger partial charge in [0.25, 0.3) is 0 Å². The van der Waals surface area contributed by atoms with Crippen molar-refractivity contribution in [3.63, 3.8) is 0 Å². The van der Waals surface area contributed by atoms with Crippen molar-refractivity contribution < 1.29 is 19.2 Å². The van der Waals surface area contributed by atoms with Crippen LogP contribution in [0.2, 0.25) is 0 Å². The molecule has 0 aromatic heterocycles. The minimum Gasteiger partial charge on any atom is -0.339 e. The Morgan fingerprint density at radius 2 is 1.48 bits per heavy atom. The number of hydrogen-bond donors (Lipinski definition) is 2. The molecule has 0 spiro atoms. The van der Waals surface area contributed by atoms with Gasteiger partial charge in [-0.1, -0.05) is 6.07 Å². The van der Waals surface area contributed by atoms with Crippen LogP contribution in [0.25, 0.3) is 0 Å². The molecule has 2 rings (SSSR count). The van der Waals surface area contributed by atoms with Crippen LogP contribution < -0.4 is 10.6 Å². The van der Waals surface area contributed by atoms with Crippen LogP contribution in [0.5, 0.6) is 0 Å². The fourth-order valence-corrected chi connectivity index (χ4v) is 2.60. The van der Waals surface area contributed by atoms with Crippen LogP contribution in [0.4, 0.5) is 11.4 Å². The predicted octanol–water partition coefficient (Wildman–Crippen LogP) is 0.664. The van der Waals surface area contributed by atoms with E-state index < -0.39 is 5.91 Å². The van der Waals surface area contributed by atoms with Gasteiger partial charge < -0.3 is 20.4 Å². The van der Waals surface area contributed by atoms with Crippen LogP contribution in [0, 0.1) is 0 Å². The molecule has 25 heavy (non-hydrogen) atoms. The number of piperazine rings is 1. The van der Waals surface area contributed by atoms with E-state index in [4.69, 9.17) is 0 Å². The third kappa shape index (κ3) is 5.59. The maximum Gasteiger partial charge on any atom is 0.233 e. The van der Waals surface area contributed by atoms with Crippen LogP contribution in [0.3, 0.4) is 0 Å². The molecule has 8 nitrogen and oxygen atoms in total. The van der Waals surface area contributed by atoms with Gasteiger partial charge in [0.2, 0.25) is 23.6 Å². The molecule has 1 aromatic carbocycles. The molecule has 1 saturated heterocycles. The first-order valence-electron chi connectivity index (χ1n) is 8.06. The van der Waals surface area contributed by atoms with Gasteiger partial charge >= 0.3 is 0 Å². The number of benzene rings is 1. The molecule has 0 unspecified atom stereocenters. The molecule has 8 heteroatoms. The highest BCUT2D eigenvalue weighted by Gasteiger charge is 2.23. The van der Waals surface area contributed by atoms with Gasteiger partial charge in [-0.25, -0.2) is 0 Å². The number of anilines is 2. The second kappa shape index (κ2) is 8.27. The summed E-state index contributed by atoms with van der Waals surface area (Å²) in [6.07, 6.45) is -0.259. The Balaban J connectivity index is 1.85. The molecule has 0 aliphatic carbocycles. The normalized spacial score (nSPS) is 14.0. The van der Waals surface area contributed by atoms with Crippen molar-refractivity contribution in [3.8, 4) is 0 Å². The highest BCUT2D eigenvalue weighted by Crippen LogP contribution is 2.15. The van der Waals surface area contributed by atoms with E-state index in [9.17, 15) is 19.2 Å². The van der Waals surface area contributed by atoms with Gasteiger partial charge in [-0.3, -0.25) is 19.2 Å². The zero-order valence-corrected chi connectivity index (χ0v) is 14.4. The molecule has 1 aromatic rings. The summed E-state index contributed by atoms with van der Waals surface area (Å²) in [7, 11) is 0. The SMILES string of the molecule is CC(=O)Nc1cccc(NC(=O)CC(=O)N2CCN(C(C)=O)CC2)c1. The van der Waals surface area contributed by atoms with Gasteiger partial charge in [0.15, 0.2) is 0 Å². The average Bonchev–Trinajstić information content (AvgIpc) is 2.54. The summed E-state index contributed by atoms with van der Waals surface area (Å²) in [6.45, 7) is 4.74. The van der Waals surface area contributed by atoms with Gasteiger partial charge in [-0.2, -0.15) is 0 Å². The Labute approximate surface area is 146 Å². The summed E-state index contributed by atoms with van der Waals surface area (Å²) in [6, 6.07) is 6.70. The largest absolute Gasteiger partial charge is 0.339 e. The van der Waals surface area contributed by atoms with Crippen molar-refractivity contribution in [2.45, 2.75) is 20.3 Å². The molecule has 1 heterocycles. The highest BCUT2D eigenvalue weighted by molar-refractivity contribution is 6.04. The number of amides is 4. The van der Waals surface area contributed by atoms with Crippen LogP contribution >= 0.6 is 0 Å². The number of nitrogens with zero attached hydrogens (tertiary/aromatic N) is 2. The lowest BCUT2D eigenvalue weighted by Crippen LogP contribution is -2.50. The van der Waals surface area contributed by atoms with Crippen molar-refractivity contribution in [3.05, 3.63) is 24.3 Å². The molecule has 1 aliphatic heterocycles. The lowest BCUT2D eigenvalue weighted by Gasteiger charge is -2.34. The van der Waals surface area contributed by atoms with E-state index in [-0.39, 0.29) is 24.1 Å². The quantitative estimate of drug-likeness (QED) is 0.783. The molecular formula is C17H22N4O4. The first-order chi connectivity index (χ1) is 11.8. The third-order valence-corrected chi connectivity index (χ3v) is 3.86. The minimum absolute atomic E-state index is 0.0103. The summed E-state index contributed by atoms with van der Waals surface area (Å²) in [5, 5.41) is 5.28. The summed E-state index contributed by atoms with van der Waals surface area (Å²) < 4.78 is 0. The summed E-state index contributed by atoms with van der Waals surface area (Å²) in [5.41, 5.74) is 1.07. The van der Waals surface area contributed by atoms with Crippen LogP contribution in [0.1, 0.15) is 20.3 Å². The van der Waals surface area contributed by atoms with Crippen LogP contribution in [0.15, 0.2) is 24.3 Å². The monoisotopic (exact) mass is 346 g/mol. The second-order valence-corrected chi connectivity index (χ2v) is 5.87. The maximum atomic E-state index is 12.2. The molecular weight excluding hydrogens is 324 g/mol. The van der Waals surface area contributed by atoms with Gasteiger partial charge in [-0.05, 0) is 18.2 Å². The minimum atomic E-state index is -0.418. The summed E-state index contributed by atoms with van der Waals surface area (Å²) in [5.74, 6) is -0.898. The van der Waals surface area contributed by atoms with Crippen molar-refractivity contribution in [1.82, 2.24) is 9.80 Å². The molecule has 0 atom stereocenters. The van der Waals surface area contributed by atoms with E-state index in [1.54, 1.807) is 34.1 Å². The molecule has 0 saturated carbocycles. The van der Waals surface area contributed by atoms with Crippen LogP contribution in [-0.4, -0.2) is 59.6 Å². The Hall–Kier alpha value is -2.90. The maximum absolute atomic E-state index is 12.2. The first kappa shape index (κ1) is 18.4. The lowest BCUT2D eigenvalue weighted by molar-refractivity contribution is -0.140. The van der Waals surface area contributed by atoms with Crippen molar-refractivity contribution >= 4 is 35.0 Å². The van der Waals surface area contributed by atoms with E-state index >= 15 is 0 Å². The fourth-order valence-electron chi connectivity index (χ4n) is 2.60. The van der Waals surface area contributed by atoms with Gasteiger partial charge in [-0.15, -0.1) is 0 Å². The Bertz CT molecular complexity index is 681. The van der Waals surface area contributed by atoms with Gasteiger partial charge in [0.1, 0.15) is 6.42 Å². The number of carbonyl (C=O) groups excluding carboxylic acids is 4. The standard InChI is InChI=1S/C17H22N4O4/c1-12(22)18-14-4-3-5-15(10-14)19-16(24)11-17(25)21-8-6-20(7-9-21)13(2)23/h3-5,10H,6-9,11H2,1-2H3,(H,18,22)(H,19,24). The molecule has 0 radical (unpaired) electrons. The van der Waals surface area contributed by atoms with E-state index in [0.717, 1.165) is 0 Å². The molecule has 1 aliphatic rings. The zero-order chi connectivity index (χ0) is 18.4. The number of nitrogens with one attached hydrogen (secondary N) is 2. The highest BCUT2D eigenvalue weighted by atomic mass is 16.2. The Morgan fingerprint density at radius 3 is 2.04 bits per heavy atom. The number of hydrogen-bond acceptors (Lipinski definition) is 4. The van der Waals surface area contributed by atoms with E-state index in [0.29, 0.717) is 37.6 Å². The fraction of sp³-hybridized carbons (Fsp3) is 0.412. The lowest BCUT2D eigenvalue weighted by atomic mass is 10.2. The topological polar surface area (TPSA) is 98.8 Å². The zero-order valence-electron chi connectivity index (χ0n) is 14.4. The summed E-state index contributed by atoms with van der Waals surface area (Å²) >= 11 is 0. The smallest absolute Gasteiger partial charge is 0.233 e. The average molecular weight is 346 g/mol. The second-order valence-electron chi connectivity index (χ2n) is 5.87.